The molecule has 3 aromatic rings. The lowest BCUT2D eigenvalue weighted by atomic mass is 9.60. The Morgan fingerprint density at radius 2 is 1.76 bits per heavy atom. The largest absolute Gasteiger partial charge is 0.352 e. The van der Waals surface area contributed by atoms with Crippen LogP contribution in [-0.4, -0.2) is 11.5 Å². The van der Waals surface area contributed by atoms with Crippen molar-refractivity contribution in [2.24, 2.45) is 11.1 Å². The van der Waals surface area contributed by atoms with E-state index in [1.807, 2.05) is 0 Å². The minimum atomic E-state index is -0.620. The van der Waals surface area contributed by atoms with Crippen molar-refractivity contribution in [3.05, 3.63) is 59.4 Å². The maximum Gasteiger partial charge on any atom is 0.150 e. The molecule has 0 radical (unpaired) electrons. The third-order valence-corrected chi connectivity index (χ3v) is 5.38. The Hall–Kier alpha value is -2.27. The molecule has 130 valence electrons. The molecular weight excluding hydrogens is 325 g/mol. The second-order valence-corrected chi connectivity index (χ2v) is 7.35. The van der Waals surface area contributed by atoms with Gasteiger partial charge in [0.1, 0.15) is 17.5 Å². The van der Waals surface area contributed by atoms with Crippen LogP contribution in [0.3, 0.4) is 0 Å². The summed E-state index contributed by atoms with van der Waals surface area (Å²) in [6.45, 7) is 2.71. The van der Waals surface area contributed by atoms with E-state index in [0.717, 1.165) is 35.7 Å². The molecule has 0 saturated heterocycles. The smallest absolute Gasteiger partial charge is 0.150 e. The van der Waals surface area contributed by atoms with Crippen LogP contribution in [0.25, 0.3) is 22.2 Å². The number of aromatic amines is 1. The molecule has 1 aliphatic rings. The summed E-state index contributed by atoms with van der Waals surface area (Å²) in [5.41, 5.74) is 8.56. The maximum atomic E-state index is 14.3. The van der Waals surface area contributed by atoms with Gasteiger partial charge >= 0.3 is 0 Å². The first-order chi connectivity index (χ1) is 11.9. The molecule has 1 heterocycles. The Labute approximate surface area is 143 Å². The molecule has 1 aliphatic carbocycles. The Morgan fingerprint density at radius 1 is 1.08 bits per heavy atom. The van der Waals surface area contributed by atoms with Crippen LogP contribution in [0.15, 0.2) is 36.4 Å². The zero-order chi connectivity index (χ0) is 17.8. The molecule has 0 spiro atoms. The maximum absolute atomic E-state index is 14.3. The molecular formula is C20H19F3N2. The van der Waals surface area contributed by atoms with E-state index in [4.69, 9.17) is 5.73 Å². The number of aromatic nitrogens is 1. The monoisotopic (exact) mass is 344 g/mol. The van der Waals surface area contributed by atoms with Crippen LogP contribution >= 0.6 is 0 Å². The van der Waals surface area contributed by atoms with Gasteiger partial charge < -0.3 is 10.7 Å². The fourth-order valence-electron chi connectivity index (χ4n) is 4.01. The summed E-state index contributed by atoms with van der Waals surface area (Å²) < 4.78 is 41.4. The third-order valence-electron chi connectivity index (χ3n) is 5.38. The van der Waals surface area contributed by atoms with Gasteiger partial charge in [0, 0.05) is 11.5 Å². The van der Waals surface area contributed by atoms with E-state index in [0.29, 0.717) is 11.9 Å². The van der Waals surface area contributed by atoms with Crippen LogP contribution in [0, 0.1) is 22.9 Å². The lowest BCUT2D eigenvalue weighted by Crippen LogP contribution is -2.39. The highest BCUT2D eigenvalue weighted by Crippen LogP contribution is 2.54. The van der Waals surface area contributed by atoms with Crippen LogP contribution in [0.5, 0.6) is 0 Å². The molecule has 25 heavy (non-hydrogen) atoms. The molecule has 1 saturated carbocycles. The van der Waals surface area contributed by atoms with Gasteiger partial charge in [-0.05, 0) is 72.2 Å². The van der Waals surface area contributed by atoms with E-state index in [1.54, 1.807) is 12.1 Å². The number of nitrogens with one attached hydrogen (secondary N) is 1. The second-order valence-electron chi connectivity index (χ2n) is 7.35. The van der Waals surface area contributed by atoms with Crippen molar-refractivity contribution in [3.63, 3.8) is 0 Å². The summed E-state index contributed by atoms with van der Waals surface area (Å²) >= 11 is 0. The van der Waals surface area contributed by atoms with Gasteiger partial charge in [-0.15, -0.1) is 0 Å². The van der Waals surface area contributed by atoms with Crippen molar-refractivity contribution in [1.82, 2.24) is 4.98 Å². The summed E-state index contributed by atoms with van der Waals surface area (Å²) in [6, 6.07) is 8.28. The number of benzene rings is 2. The third kappa shape index (κ3) is 2.63. The highest BCUT2D eigenvalue weighted by molar-refractivity contribution is 5.92. The number of H-pyrrole nitrogens is 1. The summed E-state index contributed by atoms with van der Waals surface area (Å²) in [7, 11) is 0. The molecule has 2 aromatic carbocycles. The lowest BCUT2D eigenvalue weighted by molar-refractivity contribution is 0.138. The molecule has 4 rings (SSSR count). The number of halogens is 3. The summed E-state index contributed by atoms with van der Waals surface area (Å²) in [6.07, 6.45) is 1.73. The van der Waals surface area contributed by atoms with Crippen molar-refractivity contribution in [2.45, 2.75) is 25.7 Å². The standard InChI is InChI=1S/C20H19F3N2/c1-20(10-24)8-12(9-20)17-15-6-14(22)7-16(23)19(15)25-18(17)11-2-4-13(21)5-3-11/h2-7,12,25H,8-10,24H2,1H3. The SMILES string of the molecule is CC1(CN)CC(c2c(-c3ccc(F)cc3)[nH]c3c(F)cc(F)cc23)C1. The summed E-state index contributed by atoms with van der Waals surface area (Å²) in [5.74, 6) is -1.39. The first-order valence-corrected chi connectivity index (χ1v) is 8.37. The van der Waals surface area contributed by atoms with E-state index in [1.165, 1.54) is 18.2 Å². The van der Waals surface area contributed by atoms with E-state index in [9.17, 15) is 13.2 Å². The number of rotatable bonds is 3. The highest BCUT2D eigenvalue weighted by Gasteiger charge is 2.42. The fourth-order valence-corrected chi connectivity index (χ4v) is 4.01. The van der Waals surface area contributed by atoms with Gasteiger partial charge in [-0.3, -0.25) is 0 Å². The average Bonchev–Trinajstić information content (AvgIpc) is 2.92. The minimum absolute atomic E-state index is 0.0557. The molecule has 0 atom stereocenters. The van der Waals surface area contributed by atoms with Gasteiger partial charge in [-0.25, -0.2) is 13.2 Å². The van der Waals surface area contributed by atoms with Crippen LogP contribution in [0.1, 0.15) is 31.2 Å². The Balaban J connectivity index is 1.91. The molecule has 0 aliphatic heterocycles. The summed E-state index contributed by atoms with van der Waals surface area (Å²) in [5, 5.41) is 0.556. The summed E-state index contributed by atoms with van der Waals surface area (Å²) in [4.78, 5) is 3.09. The zero-order valence-electron chi connectivity index (χ0n) is 13.9. The van der Waals surface area contributed by atoms with Gasteiger partial charge in [-0.2, -0.15) is 0 Å². The van der Waals surface area contributed by atoms with Gasteiger partial charge in [-0.1, -0.05) is 6.92 Å². The van der Waals surface area contributed by atoms with Crippen LogP contribution < -0.4 is 5.73 Å². The van der Waals surface area contributed by atoms with E-state index >= 15 is 0 Å². The van der Waals surface area contributed by atoms with Crippen molar-refractivity contribution in [1.29, 1.82) is 0 Å². The number of fused-ring (bicyclic) bond motifs is 1. The van der Waals surface area contributed by atoms with E-state index in [-0.39, 0.29) is 22.7 Å². The zero-order valence-corrected chi connectivity index (χ0v) is 13.9. The number of nitrogens with two attached hydrogens (primary N) is 1. The molecule has 1 fully saturated rings. The minimum Gasteiger partial charge on any atom is -0.352 e. The number of hydrogen-bond donors (Lipinski definition) is 2. The van der Waals surface area contributed by atoms with Gasteiger partial charge in [0.05, 0.1) is 11.2 Å². The van der Waals surface area contributed by atoms with Crippen molar-refractivity contribution in [2.75, 3.05) is 6.54 Å². The van der Waals surface area contributed by atoms with E-state index < -0.39 is 11.6 Å². The number of hydrogen-bond acceptors (Lipinski definition) is 1. The first kappa shape index (κ1) is 16.2. The topological polar surface area (TPSA) is 41.8 Å². The van der Waals surface area contributed by atoms with E-state index in [2.05, 4.69) is 11.9 Å². The van der Waals surface area contributed by atoms with Gasteiger partial charge in [0.15, 0.2) is 0 Å². The molecule has 0 bridgehead atoms. The molecule has 3 N–H and O–H groups in total. The van der Waals surface area contributed by atoms with Crippen LogP contribution in [0.4, 0.5) is 13.2 Å². The Morgan fingerprint density at radius 3 is 2.40 bits per heavy atom. The molecule has 5 heteroatoms. The normalized spacial score (nSPS) is 23.0. The predicted octanol–water partition coefficient (Wildman–Crippen LogP) is 5.09. The molecule has 2 nitrogen and oxygen atoms in total. The highest BCUT2D eigenvalue weighted by atomic mass is 19.1. The van der Waals surface area contributed by atoms with Gasteiger partial charge in [0.25, 0.3) is 0 Å². The Bertz CT molecular complexity index is 938. The second kappa shape index (κ2) is 5.63. The average molecular weight is 344 g/mol. The van der Waals surface area contributed by atoms with Crippen LogP contribution in [-0.2, 0) is 0 Å². The lowest BCUT2D eigenvalue weighted by Gasteiger charge is -2.45. The Kier molecular flexibility index (Phi) is 3.65. The molecule has 0 unspecified atom stereocenters. The predicted molar refractivity (Wildman–Crippen MR) is 92.7 cm³/mol. The molecule has 0 amide bonds. The molecule has 1 aromatic heterocycles. The quantitative estimate of drug-likeness (QED) is 0.682. The van der Waals surface area contributed by atoms with Crippen molar-refractivity contribution in [3.8, 4) is 11.3 Å². The fraction of sp³-hybridized carbons (Fsp3) is 0.300. The first-order valence-electron chi connectivity index (χ1n) is 8.37. The van der Waals surface area contributed by atoms with Gasteiger partial charge in [0.2, 0.25) is 0 Å². The van der Waals surface area contributed by atoms with Crippen molar-refractivity contribution < 1.29 is 13.2 Å². The van der Waals surface area contributed by atoms with Crippen molar-refractivity contribution >= 4 is 10.9 Å². The van der Waals surface area contributed by atoms with Crippen LogP contribution in [0.2, 0.25) is 0 Å².